The summed E-state index contributed by atoms with van der Waals surface area (Å²) in [4.78, 5) is 0. The molecule has 0 fully saturated rings. The summed E-state index contributed by atoms with van der Waals surface area (Å²) in [6, 6.07) is -1.22. The first kappa shape index (κ1) is 11.3. The van der Waals surface area contributed by atoms with Crippen molar-refractivity contribution >= 4 is 5.71 Å². The number of nitrogens with zero attached hydrogens (tertiary/aromatic N) is 1. The Morgan fingerprint density at radius 2 is 1.86 bits per heavy atom. The molecule has 0 amide bonds. The van der Waals surface area contributed by atoms with Crippen molar-refractivity contribution in [2.75, 3.05) is 13.2 Å². The fourth-order valence-electron chi connectivity index (χ4n) is 1.52. The summed E-state index contributed by atoms with van der Waals surface area (Å²) in [6.07, 6.45) is -4.27. The lowest BCUT2D eigenvalue weighted by Gasteiger charge is -2.14. The zero-order chi connectivity index (χ0) is 10.9. The quantitative estimate of drug-likeness (QED) is 0.209. The molecule has 0 bridgehead atoms. The molecule has 1 aliphatic heterocycles. The van der Waals surface area contributed by atoms with Crippen LogP contribution in [0.25, 0.3) is 0 Å². The van der Waals surface area contributed by atoms with Gasteiger partial charge in [0.25, 0.3) is 11.8 Å². The van der Waals surface area contributed by atoms with Crippen LogP contribution in [0.2, 0.25) is 0 Å². The van der Waals surface area contributed by atoms with Crippen LogP contribution in [0.15, 0.2) is 0 Å². The molecule has 1 heterocycles. The number of hydroxylamine groups is 1. The third kappa shape index (κ3) is 1.60. The van der Waals surface area contributed by atoms with Crippen molar-refractivity contribution in [2.45, 2.75) is 24.4 Å². The average molecular weight is 208 g/mol. The molecule has 0 aromatic rings. The number of aliphatic hydroxyl groups is 5. The van der Waals surface area contributed by atoms with E-state index < -0.39 is 37.6 Å². The molecule has 1 rings (SSSR count). The van der Waals surface area contributed by atoms with Gasteiger partial charge in [0.1, 0.15) is 12.7 Å². The van der Waals surface area contributed by atoms with Crippen molar-refractivity contribution in [1.29, 1.82) is 0 Å². The van der Waals surface area contributed by atoms with Gasteiger partial charge in [-0.3, -0.25) is 5.21 Å². The fourth-order valence-corrected chi connectivity index (χ4v) is 1.52. The molecule has 0 aliphatic carbocycles. The van der Waals surface area contributed by atoms with Gasteiger partial charge in [-0.2, -0.15) is 0 Å². The highest BCUT2D eigenvalue weighted by Crippen LogP contribution is 2.16. The highest BCUT2D eigenvalue weighted by atomic mass is 16.5. The summed E-state index contributed by atoms with van der Waals surface area (Å²) in [6.45, 7) is -1.30. The Labute approximate surface area is 79.7 Å². The first-order chi connectivity index (χ1) is 6.54. The lowest BCUT2D eigenvalue weighted by Crippen LogP contribution is -2.45. The second kappa shape index (κ2) is 4.20. The van der Waals surface area contributed by atoms with Crippen LogP contribution in [0.1, 0.15) is 0 Å². The van der Waals surface area contributed by atoms with E-state index >= 15 is 0 Å². The Hall–Kier alpha value is -0.730. The third-order valence-corrected chi connectivity index (χ3v) is 2.33. The maximum absolute atomic E-state index is 9.38. The minimum atomic E-state index is -1.44. The Balaban J connectivity index is 2.92. The van der Waals surface area contributed by atoms with E-state index in [9.17, 15) is 20.5 Å². The van der Waals surface area contributed by atoms with Gasteiger partial charge in [0.15, 0.2) is 12.2 Å². The Kier molecular flexibility index (Phi) is 3.40. The van der Waals surface area contributed by atoms with Gasteiger partial charge in [0, 0.05) is 0 Å². The van der Waals surface area contributed by atoms with Crippen LogP contribution in [-0.2, 0) is 0 Å². The molecule has 0 aromatic heterocycles. The summed E-state index contributed by atoms with van der Waals surface area (Å²) in [7, 11) is 0. The van der Waals surface area contributed by atoms with Gasteiger partial charge in [0.2, 0.25) is 0 Å². The SMILES string of the molecule is OCC1=[N+](O)C(C(O)CO)C(O)C1O. The Morgan fingerprint density at radius 3 is 2.21 bits per heavy atom. The van der Waals surface area contributed by atoms with Crippen molar-refractivity contribution in [3.8, 4) is 0 Å². The van der Waals surface area contributed by atoms with Crippen molar-refractivity contribution in [3.63, 3.8) is 0 Å². The molecular formula is C7H14NO6+. The molecule has 14 heavy (non-hydrogen) atoms. The maximum atomic E-state index is 9.38. The number of hydrogen-bond acceptors (Lipinski definition) is 6. The second-order valence-electron chi connectivity index (χ2n) is 3.17. The van der Waals surface area contributed by atoms with E-state index in [-0.39, 0.29) is 5.71 Å². The predicted octanol–water partition coefficient (Wildman–Crippen LogP) is -3.72. The van der Waals surface area contributed by atoms with Gasteiger partial charge < -0.3 is 25.5 Å². The van der Waals surface area contributed by atoms with E-state index in [0.717, 1.165) is 0 Å². The molecule has 7 nitrogen and oxygen atoms in total. The molecule has 0 radical (unpaired) electrons. The van der Waals surface area contributed by atoms with Crippen LogP contribution in [0.3, 0.4) is 0 Å². The van der Waals surface area contributed by atoms with Crippen molar-refractivity contribution < 1.29 is 35.5 Å². The molecule has 7 heteroatoms. The smallest absolute Gasteiger partial charge is 0.261 e. The summed E-state index contributed by atoms with van der Waals surface area (Å²) < 4.78 is 0.399. The van der Waals surface area contributed by atoms with Crippen LogP contribution in [-0.4, -0.2) is 78.8 Å². The molecule has 4 unspecified atom stereocenters. The molecule has 0 spiro atoms. The van der Waals surface area contributed by atoms with Crippen LogP contribution >= 0.6 is 0 Å². The topological polar surface area (TPSA) is 124 Å². The van der Waals surface area contributed by atoms with E-state index in [1.165, 1.54) is 0 Å². The van der Waals surface area contributed by atoms with E-state index in [2.05, 4.69) is 0 Å². The average Bonchev–Trinajstić information content (AvgIpc) is 2.38. The van der Waals surface area contributed by atoms with Crippen LogP contribution in [0.4, 0.5) is 0 Å². The minimum absolute atomic E-state index is 0.199. The molecule has 4 atom stereocenters. The first-order valence-corrected chi connectivity index (χ1v) is 4.14. The summed E-state index contributed by atoms with van der Waals surface area (Å²) in [5, 5.41) is 54.6. The molecule has 0 saturated heterocycles. The van der Waals surface area contributed by atoms with Gasteiger partial charge in [-0.25, -0.2) is 0 Å². The zero-order valence-electron chi connectivity index (χ0n) is 7.35. The summed E-state index contributed by atoms with van der Waals surface area (Å²) >= 11 is 0. The van der Waals surface area contributed by atoms with Gasteiger partial charge in [-0.15, -0.1) is 0 Å². The Morgan fingerprint density at radius 1 is 1.29 bits per heavy atom. The number of rotatable bonds is 3. The number of hydrogen-bond donors (Lipinski definition) is 6. The Bertz CT molecular complexity index is 242. The van der Waals surface area contributed by atoms with Crippen LogP contribution in [0.5, 0.6) is 0 Å². The van der Waals surface area contributed by atoms with E-state index in [4.69, 9.17) is 10.2 Å². The van der Waals surface area contributed by atoms with Gasteiger partial charge in [-0.05, 0) is 4.74 Å². The van der Waals surface area contributed by atoms with Crippen molar-refractivity contribution in [3.05, 3.63) is 0 Å². The highest BCUT2D eigenvalue weighted by Gasteiger charge is 2.52. The first-order valence-electron chi connectivity index (χ1n) is 4.14. The fraction of sp³-hybridized carbons (Fsp3) is 0.857. The van der Waals surface area contributed by atoms with Crippen molar-refractivity contribution in [2.24, 2.45) is 0 Å². The summed E-state index contributed by atoms with van der Waals surface area (Å²) in [5.74, 6) is 0. The lowest BCUT2D eigenvalue weighted by molar-refractivity contribution is -0.802. The standard InChI is InChI=1S/C7H14NO6/c9-1-3-6(12)7(13)5(8(3)14)4(11)2-10/h4-7,9-14H,1-2H2/q+1. The van der Waals surface area contributed by atoms with Crippen LogP contribution in [0, 0.1) is 0 Å². The van der Waals surface area contributed by atoms with E-state index in [1.54, 1.807) is 0 Å². The second-order valence-corrected chi connectivity index (χ2v) is 3.17. The normalized spacial score (nSPS) is 35.1. The van der Waals surface area contributed by atoms with Gasteiger partial charge >= 0.3 is 0 Å². The van der Waals surface area contributed by atoms with Gasteiger partial charge in [0.05, 0.1) is 6.61 Å². The predicted molar refractivity (Wildman–Crippen MR) is 43.0 cm³/mol. The maximum Gasteiger partial charge on any atom is 0.261 e. The molecule has 0 saturated carbocycles. The van der Waals surface area contributed by atoms with Crippen LogP contribution < -0.4 is 0 Å². The number of aliphatic hydroxyl groups excluding tert-OH is 5. The largest absolute Gasteiger partial charge is 0.393 e. The molecule has 0 aromatic carbocycles. The lowest BCUT2D eigenvalue weighted by atomic mass is 10.0. The third-order valence-electron chi connectivity index (χ3n) is 2.33. The minimum Gasteiger partial charge on any atom is -0.393 e. The van der Waals surface area contributed by atoms with Crippen molar-refractivity contribution in [1.82, 2.24) is 0 Å². The van der Waals surface area contributed by atoms with Gasteiger partial charge in [-0.1, -0.05) is 0 Å². The highest BCUT2D eigenvalue weighted by molar-refractivity contribution is 5.86. The van der Waals surface area contributed by atoms with E-state index in [1.807, 2.05) is 0 Å². The summed E-state index contributed by atoms with van der Waals surface area (Å²) in [5.41, 5.74) is -0.199. The van der Waals surface area contributed by atoms with E-state index in [0.29, 0.717) is 4.74 Å². The molecule has 1 aliphatic rings. The zero-order valence-corrected chi connectivity index (χ0v) is 7.35. The molecule has 82 valence electrons. The molecule has 6 N–H and O–H groups in total. The molecular weight excluding hydrogens is 194 g/mol. The monoisotopic (exact) mass is 208 g/mol.